The second-order valence-electron chi connectivity index (χ2n) is 5.28. The van der Waals surface area contributed by atoms with Crippen molar-refractivity contribution >= 4 is 11.7 Å². The summed E-state index contributed by atoms with van der Waals surface area (Å²) in [5.41, 5.74) is 0.168. The number of likely N-dealkylation sites (tertiary alicyclic amines) is 1. The van der Waals surface area contributed by atoms with E-state index < -0.39 is 5.82 Å². The van der Waals surface area contributed by atoms with Gasteiger partial charge in [-0.2, -0.15) is 0 Å². The second kappa shape index (κ2) is 7.98. The number of amides is 2. The Kier molecular flexibility index (Phi) is 6.00. The highest BCUT2D eigenvalue weighted by Gasteiger charge is 2.21. The number of nitrogens with one attached hydrogen (secondary N) is 1. The maximum absolute atomic E-state index is 14.0. The van der Waals surface area contributed by atoms with Crippen LogP contribution >= 0.6 is 0 Å². The summed E-state index contributed by atoms with van der Waals surface area (Å²) in [5, 5.41) is 2.63. The molecule has 0 spiro atoms. The van der Waals surface area contributed by atoms with Gasteiger partial charge in [-0.3, -0.25) is 0 Å². The lowest BCUT2D eigenvalue weighted by Gasteiger charge is -2.21. The van der Waals surface area contributed by atoms with Crippen LogP contribution in [0.3, 0.4) is 0 Å². The van der Waals surface area contributed by atoms with E-state index in [0.29, 0.717) is 25.4 Å². The molecule has 1 heterocycles. The molecule has 1 unspecified atom stereocenters. The quantitative estimate of drug-likeness (QED) is 0.928. The van der Waals surface area contributed by atoms with Crippen molar-refractivity contribution in [3.63, 3.8) is 0 Å². The van der Waals surface area contributed by atoms with Crippen LogP contribution in [-0.4, -0.2) is 43.8 Å². The zero-order chi connectivity index (χ0) is 15.9. The molecule has 6 heteroatoms. The number of rotatable bonds is 4. The molecule has 122 valence electrons. The van der Waals surface area contributed by atoms with Crippen molar-refractivity contribution in [2.24, 2.45) is 0 Å². The second-order valence-corrected chi connectivity index (χ2v) is 5.28. The number of benzene rings is 1. The molecular formula is C16H23FN2O3. The molecule has 1 aliphatic rings. The van der Waals surface area contributed by atoms with E-state index in [4.69, 9.17) is 9.47 Å². The molecule has 1 aliphatic heterocycles. The summed E-state index contributed by atoms with van der Waals surface area (Å²) in [4.78, 5) is 14.0. The molecule has 2 amide bonds. The van der Waals surface area contributed by atoms with Gasteiger partial charge in [-0.05, 0) is 38.3 Å². The monoisotopic (exact) mass is 310 g/mol. The van der Waals surface area contributed by atoms with Gasteiger partial charge < -0.3 is 19.7 Å². The third-order valence-electron chi connectivity index (χ3n) is 3.79. The molecular weight excluding hydrogens is 287 g/mol. The fourth-order valence-electron chi connectivity index (χ4n) is 2.55. The van der Waals surface area contributed by atoms with Crippen molar-refractivity contribution < 1.29 is 18.7 Å². The lowest BCUT2D eigenvalue weighted by Crippen LogP contribution is -2.36. The average Bonchev–Trinajstić information content (AvgIpc) is 2.75. The molecule has 22 heavy (non-hydrogen) atoms. The molecule has 1 atom stereocenters. The number of anilines is 1. The van der Waals surface area contributed by atoms with Gasteiger partial charge in [0.05, 0.1) is 18.4 Å². The lowest BCUT2D eigenvalue weighted by atomic mass is 10.2. The first kappa shape index (κ1) is 16.5. The Morgan fingerprint density at radius 1 is 1.41 bits per heavy atom. The van der Waals surface area contributed by atoms with E-state index in [1.807, 2.05) is 6.92 Å². The number of urea groups is 1. The van der Waals surface area contributed by atoms with Crippen LogP contribution in [0.2, 0.25) is 0 Å². The van der Waals surface area contributed by atoms with Crippen molar-refractivity contribution in [3.8, 4) is 5.75 Å². The predicted octanol–water partition coefficient (Wildman–Crippen LogP) is 3.26. The van der Waals surface area contributed by atoms with Crippen molar-refractivity contribution in [1.82, 2.24) is 4.90 Å². The van der Waals surface area contributed by atoms with E-state index in [1.165, 1.54) is 12.1 Å². The third kappa shape index (κ3) is 4.34. The van der Waals surface area contributed by atoms with Gasteiger partial charge in [0, 0.05) is 26.3 Å². The highest BCUT2D eigenvalue weighted by atomic mass is 19.1. The van der Waals surface area contributed by atoms with E-state index in [2.05, 4.69) is 5.32 Å². The lowest BCUT2D eigenvalue weighted by molar-refractivity contribution is 0.0908. The van der Waals surface area contributed by atoms with Crippen LogP contribution < -0.4 is 10.1 Å². The topological polar surface area (TPSA) is 50.8 Å². The number of halogens is 1. The summed E-state index contributed by atoms with van der Waals surface area (Å²) in [6.45, 7) is 3.58. The van der Waals surface area contributed by atoms with E-state index in [0.717, 1.165) is 19.3 Å². The standard InChI is InChI=1S/C16H23FN2O3/c1-3-22-13-6-7-15(14(17)11-13)18-16(20)19-9-4-5-12(21-2)8-10-19/h6-7,11-12H,3-5,8-10H2,1-2H3,(H,18,20). The molecule has 0 bridgehead atoms. The maximum Gasteiger partial charge on any atom is 0.321 e. The molecule has 0 saturated carbocycles. The Morgan fingerprint density at radius 3 is 2.91 bits per heavy atom. The Bertz CT molecular complexity index is 510. The molecule has 0 radical (unpaired) electrons. The normalized spacial score (nSPS) is 18.7. The Morgan fingerprint density at radius 2 is 2.23 bits per heavy atom. The minimum atomic E-state index is -0.496. The average molecular weight is 310 g/mol. The van der Waals surface area contributed by atoms with E-state index in [-0.39, 0.29) is 17.8 Å². The van der Waals surface area contributed by atoms with Gasteiger partial charge in [0.1, 0.15) is 11.6 Å². The summed E-state index contributed by atoms with van der Waals surface area (Å²) in [5.74, 6) is -0.0420. The van der Waals surface area contributed by atoms with Gasteiger partial charge in [0.2, 0.25) is 0 Å². The minimum absolute atomic E-state index is 0.168. The van der Waals surface area contributed by atoms with Gasteiger partial charge in [0.15, 0.2) is 0 Å². The number of hydrogen-bond donors (Lipinski definition) is 1. The zero-order valence-electron chi connectivity index (χ0n) is 13.1. The summed E-state index contributed by atoms with van der Waals surface area (Å²) >= 11 is 0. The van der Waals surface area contributed by atoms with Crippen LogP contribution in [0.25, 0.3) is 0 Å². The van der Waals surface area contributed by atoms with Crippen molar-refractivity contribution in [2.75, 3.05) is 32.1 Å². The summed E-state index contributed by atoms with van der Waals surface area (Å²) in [6.07, 6.45) is 2.82. The van der Waals surface area contributed by atoms with Gasteiger partial charge in [-0.25, -0.2) is 9.18 Å². The first-order valence-electron chi connectivity index (χ1n) is 7.65. The largest absolute Gasteiger partial charge is 0.494 e. The Labute approximate surface area is 130 Å². The molecule has 1 aromatic carbocycles. The fraction of sp³-hybridized carbons (Fsp3) is 0.562. The van der Waals surface area contributed by atoms with E-state index >= 15 is 0 Å². The summed E-state index contributed by atoms with van der Waals surface area (Å²) < 4.78 is 24.5. The molecule has 1 N–H and O–H groups in total. The number of carbonyl (C=O) groups is 1. The molecule has 1 aromatic rings. The van der Waals surface area contributed by atoms with Crippen LogP contribution in [0.15, 0.2) is 18.2 Å². The number of carbonyl (C=O) groups excluding carboxylic acids is 1. The maximum atomic E-state index is 14.0. The molecule has 0 aromatic heterocycles. The van der Waals surface area contributed by atoms with Gasteiger partial charge in [0.25, 0.3) is 0 Å². The van der Waals surface area contributed by atoms with Crippen molar-refractivity contribution in [3.05, 3.63) is 24.0 Å². The third-order valence-corrected chi connectivity index (χ3v) is 3.79. The first-order chi connectivity index (χ1) is 10.6. The molecule has 1 saturated heterocycles. The van der Waals surface area contributed by atoms with E-state index in [9.17, 15) is 9.18 Å². The number of hydrogen-bond acceptors (Lipinski definition) is 3. The van der Waals surface area contributed by atoms with Crippen LogP contribution in [0.1, 0.15) is 26.2 Å². The van der Waals surface area contributed by atoms with Crippen molar-refractivity contribution in [2.45, 2.75) is 32.3 Å². The Hall–Kier alpha value is -1.82. The number of ether oxygens (including phenoxy) is 2. The molecule has 2 rings (SSSR count). The van der Waals surface area contributed by atoms with Gasteiger partial charge in [-0.15, -0.1) is 0 Å². The van der Waals surface area contributed by atoms with Gasteiger partial charge in [-0.1, -0.05) is 0 Å². The van der Waals surface area contributed by atoms with Gasteiger partial charge >= 0.3 is 6.03 Å². The van der Waals surface area contributed by atoms with Crippen LogP contribution in [0.4, 0.5) is 14.9 Å². The number of nitrogens with zero attached hydrogens (tertiary/aromatic N) is 1. The smallest absolute Gasteiger partial charge is 0.321 e. The van der Waals surface area contributed by atoms with Crippen LogP contribution in [-0.2, 0) is 4.74 Å². The van der Waals surface area contributed by atoms with Crippen LogP contribution in [0.5, 0.6) is 5.75 Å². The van der Waals surface area contributed by atoms with E-state index in [1.54, 1.807) is 18.1 Å². The Balaban J connectivity index is 1.96. The van der Waals surface area contributed by atoms with Crippen LogP contribution in [0, 0.1) is 5.82 Å². The number of methoxy groups -OCH3 is 1. The summed E-state index contributed by atoms with van der Waals surface area (Å²) in [7, 11) is 1.69. The highest BCUT2D eigenvalue weighted by Crippen LogP contribution is 2.21. The highest BCUT2D eigenvalue weighted by molar-refractivity contribution is 5.89. The first-order valence-corrected chi connectivity index (χ1v) is 7.65. The molecule has 5 nitrogen and oxygen atoms in total. The predicted molar refractivity (Wildman–Crippen MR) is 82.8 cm³/mol. The summed E-state index contributed by atoms with van der Waals surface area (Å²) in [6, 6.07) is 4.17. The molecule has 0 aliphatic carbocycles. The SMILES string of the molecule is CCOc1ccc(NC(=O)N2CCCC(OC)CC2)c(F)c1. The minimum Gasteiger partial charge on any atom is -0.494 e. The fourth-order valence-corrected chi connectivity index (χ4v) is 2.55. The zero-order valence-corrected chi connectivity index (χ0v) is 13.1. The molecule has 1 fully saturated rings. The van der Waals surface area contributed by atoms with Crippen molar-refractivity contribution in [1.29, 1.82) is 0 Å².